The van der Waals surface area contributed by atoms with Crippen LogP contribution in [0, 0.1) is 0 Å². The highest BCUT2D eigenvalue weighted by atomic mass is 19.4. The van der Waals surface area contributed by atoms with Crippen molar-refractivity contribution >= 4 is 0 Å². The van der Waals surface area contributed by atoms with E-state index in [1.54, 1.807) is 12.1 Å². The number of hydrogen-bond acceptors (Lipinski definition) is 1. The molecule has 1 aromatic heterocycles. The Hall–Kier alpha value is -0.970. The van der Waals surface area contributed by atoms with Crippen LogP contribution in [0.15, 0.2) is 18.3 Å². The zero-order valence-corrected chi connectivity index (χ0v) is 6.30. The van der Waals surface area contributed by atoms with Crippen molar-refractivity contribution in [2.75, 3.05) is 0 Å². The number of alkyl halides is 3. The molecule has 0 saturated heterocycles. The first-order valence-electron chi connectivity index (χ1n) is 3.44. The summed E-state index contributed by atoms with van der Waals surface area (Å²) >= 11 is 0. The average molecular weight is 178 g/mol. The lowest BCUT2D eigenvalue weighted by Crippen LogP contribution is -2.19. The second-order valence-electron chi connectivity index (χ2n) is 2.45. The van der Waals surface area contributed by atoms with Crippen molar-refractivity contribution in [3.8, 4) is 0 Å². The minimum absolute atomic E-state index is 0.128. The van der Waals surface area contributed by atoms with Crippen LogP contribution in [0.3, 0.4) is 0 Å². The normalized spacial score (nSPS) is 12.0. The van der Waals surface area contributed by atoms with Crippen molar-refractivity contribution in [2.45, 2.75) is 19.3 Å². The van der Waals surface area contributed by atoms with Gasteiger partial charge in [-0.25, -0.2) is 0 Å². The molecule has 2 N–H and O–H groups in total. The number of nitrogens with two attached hydrogens (primary N) is 1. The number of halogens is 3. The van der Waals surface area contributed by atoms with Crippen LogP contribution < -0.4 is 5.73 Å². The fourth-order valence-corrected chi connectivity index (χ4v) is 0.982. The van der Waals surface area contributed by atoms with Crippen LogP contribution >= 0.6 is 0 Å². The molecule has 0 amide bonds. The van der Waals surface area contributed by atoms with Gasteiger partial charge in [-0.3, -0.25) is 0 Å². The van der Waals surface area contributed by atoms with Crippen LogP contribution in [0.1, 0.15) is 5.69 Å². The Morgan fingerprint density at radius 3 is 2.58 bits per heavy atom. The Morgan fingerprint density at radius 1 is 1.42 bits per heavy atom. The van der Waals surface area contributed by atoms with Crippen LogP contribution in [0.5, 0.6) is 0 Å². The topological polar surface area (TPSA) is 30.9 Å². The van der Waals surface area contributed by atoms with Gasteiger partial charge in [0, 0.05) is 18.4 Å². The summed E-state index contributed by atoms with van der Waals surface area (Å²) in [4.78, 5) is 0. The predicted octanol–water partition coefficient (Wildman–Crippen LogP) is 1.51. The van der Waals surface area contributed by atoms with E-state index < -0.39 is 12.7 Å². The van der Waals surface area contributed by atoms with Crippen LogP contribution in [-0.4, -0.2) is 10.7 Å². The Bertz CT molecular complexity index is 251. The van der Waals surface area contributed by atoms with E-state index in [-0.39, 0.29) is 6.54 Å². The van der Waals surface area contributed by atoms with Gasteiger partial charge in [-0.1, -0.05) is 0 Å². The molecule has 1 rings (SSSR count). The molecule has 68 valence electrons. The summed E-state index contributed by atoms with van der Waals surface area (Å²) in [7, 11) is 0. The molecular formula is C7H9F3N2. The van der Waals surface area contributed by atoms with Gasteiger partial charge in [0.2, 0.25) is 0 Å². The predicted molar refractivity (Wildman–Crippen MR) is 38.4 cm³/mol. The summed E-state index contributed by atoms with van der Waals surface area (Å²) in [6.07, 6.45) is -2.81. The third kappa shape index (κ3) is 2.27. The van der Waals surface area contributed by atoms with E-state index in [4.69, 9.17) is 5.73 Å². The zero-order chi connectivity index (χ0) is 9.19. The zero-order valence-electron chi connectivity index (χ0n) is 6.30. The Balaban J connectivity index is 2.75. The molecule has 0 aliphatic carbocycles. The molecule has 0 fully saturated rings. The Kier molecular flexibility index (Phi) is 2.42. The lowest BCUT2D eigenvalue weighted by molar-refractivity contribution is -0.140. The van der Waals surface area contributed by atoms with Gasteiger partial charge in [0.1, 0.15) is 6.54 Å². The van der Waals surface area contributed by atoms with E-state index in [1.165, 1.54) is 6.20 Å². The number of rotatable bonds is 2. The van der Waals surface area contributed by atoms with Gasteiger partial charge >= 0.3 is 6.18 Å². The van der Waals surface area contributed by atoms with Crippen molar-refractivity contribution in [3.63, 3.8) is 0 Å². The molecule has 0 aromatic carbocycles. The maximum atomic E-state index is 11.9. The lowest BCUT2D eigenvalue weighted by atomic mass is 10.4. The fraction of sp³-hybridized carbons (Fsp3) is 0.429. The molecule has 0 unspecified atom stereocenters. The molecule has 2 nitrogen and oxygen atoms in total. The lowest BCUT2D eigenvalue weighted by Gasteiger charge is -2.10. The van der Waals surface area contributed by atoms with E-state index in [0.717, 1.165) is 4.57 Å². The van der Waals surface area contributed by atoms with Crippen LogP contribution in [0.4, 0.5) is 13.2 Å². The summed E-state index contributed by atoms with van der Waals surface area (Å²) in [5.74, 6) is 0. The molecule has 0 spiro atoms. The molecule has 0 saturated carbocycles. The molecule has 0 aliphatic heterocycles. The van der Waals surface area contributed by atoms with Gasteiger partial charge in [-0.15, -0.1) is 0 Å². The van der Waals surface area contributed by atoms with E-state index in [0.29, 0.717) is 5.69 Å². The van der Waals surface area contributed by atoms with Gasteiger partial charge in [0.25, 0.3) is 0 Å². The first-order valence-corrected chi connectivity index (χ1v) is 3.44. The second-order valence-corrected chi connectivity index (χ2v) is 2.45. The van der Waals surface area contributed by atoms with Crippen molar-refractivity contribution in [1.29, 1.82) is 0 Å². The van der Waals surface area contributed by atoms with Crippen molar-refractivity contribution in [1.82, 2.24) is 4.57 Å². The second kappa shape index (κ2) is 3.18. The third-order valence-corrected chi connectivity index (χ3v) is 1.48. The SMILES string of the molecule is NCc1cccn1CC(F)(F)F. The van der Waals surface area contributed by atoms with Crippen LogP contribution in [-0.2, 0) is 13.1 Å². The number of nitrogens with zero attached hydrogens (tertiary/aromatic N) is 1. The molecule has 0 radical (unpaired) electrons. The van der Waals surface area contributed by atoms with Crippen molar-refractivity contribution < 1.29 is 13.2 Å². The summed E-state index contributed by atoms with van der Waals surface area (Å²) < 4.78 is 36.7. The van der Waals surface area contributed by atoms with Crippen LogP contribution in [0.2, 0.25) is 0 Å². The van der Waals surface area contributed by atoms with Crippen molar-refractivity contribution in [2.24, 2.45) is 5.73 Å². The average Bonchev–Trinajstić information content (AvgIpc) is 2.31. The molecule has 1 aromatic rings. The smallest absolute Gasteiger partial charge is 0.341 e. The highest BCUT2D eigenvalue weighted by Gasteiger charge is 2.28. The molecule has 12 heavy (non-hydrogen) atoms. The minimum Gasteiger partial charge on any atom is -0.341 e. The maximum Gasteiger partial charge on any atom is 0.406 e. The van der Waals surface area contributed by atoms with Gasteiger partial charge < -0.3 is 10.3 Å². The number of aromatic nitrogens is 1. The first kappa shape index (κ1) is 9.12. The third-order valence-electron chi connectivity index (χ3n) is 1.48. The summed E-state index contributed by atoms with van der Waals surface area (Å²) in [6, 6.07) is 3.12. The maximum absolute atomic E-state index is 11.9. The Labute approximate surface area is 67.8 Å². The van der Waals surface area contributed by atoms with Crippen LogP contribution in [0.25, 0.3) is 0 Å². The largest absolute Gasteiger partial charge is 0.406 e. The highest BCUT2D eigenvalue weighted by molar-refractivity contribution is 5.06. The molecule has 0 aliphatic rings. The van der Waals surface area contributed by atoms with Crippen molar-refractivity contribution in [3.05, 3.63) is 24.0 Å². The van der Waals surface area contributed by atoms with E-state index >= 15 is 0 Å². The van der Waals surface area contributed by atoms with E-state index in [1.807, 2.05) is 0 Å². The van der Waals surface area contributed by atoms with Gasteiger partial charge in [-0.2, -0.15) is 13.2 Å². The van der Waals surface area contributed by atoms with Gasteiger partial charge in [0.05, 0.1) is 0 Å². The number of hydrogen-bond donors (Lipinski definition) is 1. The molecular weight excluding hydrogens is 169 g/mol. The quantitative estimate of drug-likeness (QED) is 0.731. The first-order chi connectivity index (χ1) is 5.53. The van der Waals surface area contributed by atoms with E-state index in [2.05, 4.69) is 0 Å². The molecule has 0 bridgehead atoms. The van der Waals surface area contributed by atoms with E-state index in [9.17, 15) is 13.2 Å². The monoisotopic (exact) mass is 178 g/mol. The highest BCUT2D eigenvalue weighted by Crippen LogP contribution is 2.18. The minimum atomic E-state index is -4.18. The Morgan fingerprint density at radius 2 is 2.08 bits per heavy atom. The van der Waals surface area contributed by atoms with Gasteiger partial charge in [0.15, 0.2) is 0 Å². The molecule has 1 heterocycles. The van der Waals surface area contributed by atoms with Gasteiger partial charge in [-0.05, 0) is 12.1 Å². The summed E-state index contributed by atoms with van der Waals surface area (Å²) in [6.45, 7) is -0.838. The molecule has 5 heteroatoms. The standard InChI is InChI=1S/C7H9F3N2/c8-7(9,10)5-12-3-1-2-6(12)4-11/h1-3H,4-5,11H2. The molecule has 0 atom stereocenters. The fourth-order valence-electron chi connectivity index (χ4n) is 0.982. The summed E-state index contributed by atoms with van der Waals surface area (Å²) in [5.41, 5.74) is 5.72. The summed E-state index contributed by atoms with van der Waals surface area (Å²) in [5, 5.41) is 0.